The number of imide groups is 1. The fourth-order valence-corrected chi connectivity index (χ4v) is 20.1. The Morgan fingerprint density at radius 2 is 0.805 bits per heavy atom. The van der Waals surface area contributed by atoms with Gasteiger partial charge in [-0.05, 0) is 185 Å². The summed E-state index contributed by atoms with van der Waals surface area (Å²) in [4.78, 5) is 99.9. The monoisotopic (exact) mass is 1620 g/mol. The molecule has 3 aliphatic heterocycles. The van der Waals surface area contributed by atoms with Crippen molar-refractivity contribution >= 4 is 62.0 Å². The van der Waals surface area contributed by atoms with Gasteiger partial charge in [-0.2, -0.15) is 0 Å². The van der Waals surface area contributed by atoms with Crippen LogP contribution in [0.15, 0.2) is 146 Å². The van der Waals surface area contributed by atoms with E-state index in [-0.39, 0.29) is 142 Å². The van der Waals surface area contributed by atoms with Gasteiger partial charge >= 0.3 is 44.3 Å². The summed E-state index contributed by atoms with van der Waals surface area (Å²) in [5.41, 5.74) is 25.1. The minimum Gasteiger partial charge on any atom is -0.481 e. The van der Waals surface area contributed by atoms with Crippen molar-refractivity contribution in [3.05, 3.63) is 179 Å². The standard InChI is InChI=1S/C34H44BNO5.C22H24O4.C19H15NO5.C12H22BNO2.C6H13NO2.CH4/c1-20(2)15-22(16-31(37)39-19-28-26-13-9-7-11-24(26)25-12-8-10-14-27(25)28)32(38)36-21(3)35-40-30-18-23-17-29(33(23,4)5)34(30,6)41-35;1-14(2)11-15(22(24)25)12-21(23)26-13-20-18-9-5-3-7-16(18)17-8-4-6-10-19(17)20;21-17-9-10-18(22)20(17)25-19(23)24-11-16-14-7-3-1-5-12(14)13-6-2-4-8-15(13)16;1-7(14)13-15-10-6-8-5-9(11(8,2)3)12(10,4)16-13;1-4(2)3-5(7)6(8)9;/h7-14,20-23,28-30H,15-19H2,1-6H3,(H,36,38);3-10,14-15,20H,11-13H2,1-2H3,(H,24,25);1-8,16H,9-11H2;7-10H,5-6,14H2,1-4H3;4-5H,3,7H2,1-2H3,(H,8,9);1H4/t21-,22+,23-,29-,30+,34-;15-;;7-,8-,9-,10+,12-;5-;/m01.00./s1. The van der Waals surface area contributed by atoms with E-state index in [1.807, 2.05) is 139 Å². The second-order valence-corrected chi connectivity index (χ2v) is 36.6. The number of nitrogens with two attached hydrogens (primary N) is 2. The van der Waals surface area contributed by atoms with Crippen LogP contribution < -0.4 is 16.8 Å². The second-order valence-electron chi connectivity index (χ2n) is 36.6. The van der Waals surface area contributed by atoms with Crippen molar-refractivity contribution in [2.75, 3.05) is 19.8 Å². The van der Waals surface area contributed by atoms with Crippen LogP contribution in [0, 0.1) is 64.1 Å². The Bertz CT molecular complexity index is 4470. The lowest BCUT2D eigenvalue weighted by molar-refractivity contribution is -0.199. The van der Waals surface area contributed by atoms with Gasteiger partial charge in [-0.15, -0.1) is 0 Å². The minimum absolute atomic E-state index is 0. The van der Waals surface area contributed by atoms with Gasteiger partial charge in [0.1, 0.15) is 25.9 Å². The number of hydroxylamine groups is 2. The number of nitrogens with one attached hydrogen (secondary N) is 1. The van der Waals surface area contributed by atoms with E-state index >= 15 is 0 Å². The van der Waals surface area contributed by atoms with Crippen molar-refractivity contribution in [3.8, 4) is 33.4 Å². The Hall–Kier alpha value is -9.03. The summed E-state index contributed by atoms with van der Waals surface area (Å²) < 4.78 is 41.6. The number of carboxylic acid groups (broad SMARTS) is 2. The highest BCUT2D eigenvalue weighted by molar-refractivity contribution is 6.48. The molecule has 12 aliphatic rings. The maximum atomic E-state index is 13.5. The largest absolute Gasteiger partial charge is 0.533 e. The fourth-order valence-electron chi connectivity index (χ4n) is 20.1. The number of ether oxygens (including phenoxy) is 3. The smallest absolute Gasteiger partial charge is 0.481 e. The van der Waals surface area contributed by atoms with Crippen LogP contribution in [-0.4, -0.2) is 138 Å². The number of rotatable bonds is 23. The third-order valence-electron chi connectivity index (χ3n) is 26.5. The van der Waals surface area contributed by atoms with Crippen molar-refractivity contribution < 1.29 is 86.2 Å². The van der Waals surface area contributed by atoms with E-state index in [2.05, 4.69) is 109 Å². The zero-order chi connectivity index (χ0) is 84.3. The molecule has 3 amide bonds. The summed E-state index contributed by atoms with van der Waals surface area (Å²) in [6.07, 6.45) is 5.62. The molecule has 9 fully saturated rings. The van der Waals surface area contributed by atoms with Crippen molar-refractivity contribution in [2.45, 2.75) is 234 Å². The molecule has 6 saturated carbocycles. The SMILES string of the molecule is C.CC(C)C[C@H](CC(=O)OCC1c2ccccc2-c2ccccc21)C(=O)N[C@@H](C)B1O[C@@H]2C[C@@H]3C[C@@H](C3(C)C)[C@]2(C)O1.CC(C)C[C@H](CC(=O)OCC1c2ccccc2-c2ccccc21)C(=O)O.CC(C)C[C@H](N)C(=O)O.C[C@H](N)B1O[C@@H]2C[C@@H]3C[C@@H](C3(C)C)[C@]2(C)O1.O=C(OCC1c2ccccc2-c2ccccc21)ON1C(=O)CCC1=O. The van der Waals surface area contributed by atoms with E-state index in [1.54, 1.807) is 0 Å². The van der Waals surface area contributed by atoms with Gasteiger partial charge in [-0.3, -0.25) is 38.4 Å². The maximum absolute atomic E-state index is 13.5. The van der Waals surface area contributed by atoms with Crippen molar-refractivity contribution in [3.63, 3.8) is 0 Å². The molecule has 3 heterocycles. The third kappa shape index (κ3) is 19.1. The highest BCUT2D eigenvalue weighted by Gasteiger charge is 2.70. The van der Waals surface area contributed by atoms with Gasteiger partial charge in [0.05, 0.1) is 48.1 Å². The van der Waals surface area contributed by atoms with Crippen LogP contribution in [-0.2, 0) is 71.2 Å². The van der Waals surface area contributed by atoms with E-state index in [9.17, 15) is 43.5 Å². The van der Waals surface area contributed by atoms with Gasteiger partial charge < -0.3 is 59.8 Å². The Morgan fingerprint density at radius 3 is 1.14 bits per heavy atom. The number of fused-ring (bicyclic) bond motifs is 9. The number of benzene rings is 6. The molecule has 18 rings (SSSR count). The van der Waals surface area contributed by atoms with E-state index in [0.29, 0.717) is 53.4 Å². The number of nitrogens with zero attached hydrogens (tertiary/aromatic N) is 1. The van der Waals surface area contributed by atoms with Gasteiger partial charge in [0.25, 0.3) is 11.8 Å². The quantitative estimate of drug-likeness (QED) is 0.0172. The molecule has 6 aromatic carbocycles. The van der Waals surface area contributed by atoms with Gasteiger partial charge in [0.2, 0.25) is 5.91 Å². The molecule has 13 atom stereocenters. The fraction of sp³-hybridized carbons (Fsp3) is 0.532. The lowest BCUT2D eigenvalue weighted by Gasteiger charge is -2.64. The average molecular weight is 1620 g/mol. The van der Waals surface area contributed by atoms with Crippen LogP contribution in [0.1, 0.15) is 226 Å². The Kier molecular flexibility index (Phi) is 28.4. The normalized spacial score (nSPS) is 24.4. The van der Waals surface area contributed by atoms with Gasteiger partial charge in [-0.25, -0.2) is 4.79 Å². The summed E-state index contributed by atoms with van der Waals surface area (Å²) >= 11 is 0. The number of carboxylic acids is 2. The molecule has 22 nitrogen and oxygen atoms in total. The molecule has 24 heteroatoms. The van der Waals surface area contributed by atoms with Crippen LogP contribution in [0.5, 0.6) is 0 Å². The molecule has 118 heavy (non-hydrogen) atoms. The molecule has 632 valence electrons. The predicted octanol–water partition coefficient (Wildman–Crippen LogP) is 16.3. The molecule has 0 aromatic heterocycles. The number of aliphatic carboxylic acids is 2. The van der Waals surface area contributed by atoms with Crippen LogP contribution in [0.3, 0.4) is 0 Å². The summed E-state index contributed by atoms with van der Waals surface area (Å²) in [5, 5.41) is 21.2. The molecule has 4 bridgehead atoms. The molecular formula is C94H122B2N4O18. The van der Waals surface area contributed by atoms with E-state index in [0.717, 1.165) is 52.1 Å². The maximum Gasteiger partial charge on any atom is 0.533 e. The van der Waals surface area contributed by atoms with Crippen molar-refractivity contribution in [1.29, 1.82) is 0 Å². The van der Waals surface area contributed by atoms with Gasteiger partial charge in [0.15, 0.2) is 0 Å². The average Bonchev–Trinajstić information content (AvgIpc) is 1.42. The predicted molar refractivity (Wildman–Crippen MR) is 453 cm³/mol. The van der Waals surface area contributed by atoms with Crippen LogP contribution >= 0.6 is 0 Å². The van der Waals surface area contributed by atoms with Crippen LogP contribution in [0.2, 0.25) is 0 Å². The number of carbonyl (C=O) groups excluding carboxylic acids is 6. The first kappa shape index (κ1) is 89.8. The molecule has 6 aromatic rings. The number of hydrogen-bond donors (Lipinski definition) is 5. The van der Waals surface area contributed by atoms with Gasteiger partial charge in [-0.1, -0.05) is 234 Å². The van der Waals surface area contributed by atoms with E-state index in [1.165, 1.54) is 46.2 Å². The zero-order valence-corrected chi connectivity index (χ0v) is 70.3. The van der Waals surface area contributed by atoms with E-state index < -0.39 is 60.9 Å². The topological polar surface area (TPSA) is 318 Å². The summed E-state index contributed by atoms with van der Waals surface area (Å²) in [6.45, 7) is 30.3. The highest BCUT2D eigenvalue weighted by atomic mass is 16.8. The number of amides is 3. The first-order valence-electron chi connectivity index (χ1n) is 42.0. The zero-order valence-electron chi connectivity index (χ0n) is 70.3. The second kappa shape index (κ2) is 37.3. The molecule has 0 spiro atoms. The Balaban J connectivity index is 0.000000155. The molecule has 9 aliphatic carbocycles. The van der Waals surface area contributed by atoms with E-state index in [4.69, 9.17) is 54.2 Å². The third-order valence-corrected chi connectivity index (χ3v) is 26.5. The van der Waals surface area contributed by atoms with Crippen molar-refractivity contribution in [2.24, 2.45) is 75.6 Å². The number of hydrogen-bond acceptors (Lipinski definition) is 18. The first-order valence-corrected chi connectivity index (χ1v) is 42.0. The molecule has 0 unspecified atom stereocenters. The molecule has 7 N–H and O–H groups in total. The number of carbonyl (C=O) groups is 8. The van der Waals surface area contributed by atoms with Crippen LogP contribution in [0.25, 0.3) is 33.4 Å². The summed E-state index contributed by atoms with van der Waals surface area (Å²) in [6, 6.07) is 48.1. The Labute approximate surface area is 696 Å². The summed E-state index contributed by atoms with van der Waals surface area (Å²) in [5.74, 6) is -2.04. The van der Waals surface area contributed by atoms with Crippen molar-refractivity contribution in [1.82, 2.24) is 10.4 Å². The minimum atomic E-state index is -1.05. The van der Waals surface area contributed by atoms with Gasteiger partial charge in [0, 0.05) is 42.5 Å². The number of esters is 2. The lowest BCUT2D eigenvalue weighted by atomic mass is 9.43. The first-order chi connectivity index (χ1) is 55.5. The van der Waals surface area contributed by atoms with Crippen LogP contribution in [0.4, 0.5) is 4.79 Å². The molecule has 0 radical (unpaired) electrons. The molecule has 3 saturated heterocycles. The summed E-state index contributed by atoms with van der Waals surface area (Å²) in [7, 11) is -0.691. The Morgan fingerprint density at radius 1 is 0.475 bits per heavy atom. The highest BCUT2D eigenvalue weighted by Crippen LogP contribution is 2.67. The molecular weight excluding hydrogens is 1490 g/mol. The lowest BCUT2D eigenvalue weighted by Crippen LogP contribution is -2.65.